The van der Waals surface area contributed by atoms with Gasteiger partial charge in [0.15, 0.2) is 15.0 Å². The second-order valence-corrected chi connectivity index (χ2v) is 11.4. The number of carbonyl (C=O) groups excluding carboxylic acids is 1. The molecule has 2 aliphatic rings. The van der Waals surface area contributed by atoms with Gasteiger partial charge in [0.25, 0.3) is 5.91 Å². The number of benzene rings is 2. The van der Waals surface area contributed by atoms with E-state index in [1.807, 2.05) is 41.3 Å². The summed E-state index contributed by atoms with van der Waals surface area (Å²) in [4.78, 5) is 18.8. The van der Waals surface area contributed by atoms with E-state index in [9.17, 15) is 13.2 Å². The molecule has 2 heterocycles. The highest BCUT2D eigenvalue weighted by molar-refractivity contribution is 9.10. The van der Waals surface area contributed by atoms with Gasteiger partial charge in [-0.2, -0.15) is 4.99 Å². The first-order chi connectivity index (χ1) is 13.3. The quantitative estimate of drug-likeness (QED) is 0.640. The third-order valence-corrected chi connectivity index (χ3v) is 8.80. The van der Waals surface area contributed by atoms with Crippen LogP contribution in [0.3, 0.4) is 0 Å². The van der Waals surface area contributed by atoms with Crippen LogP contribution in [0, 0.1) is 0 Å². The average Bonchev–Trinajstić information content (AvgIpc) is 3.09. The molecule has 0 spiro atoms. The predicted molar refractivity (Wildman–Crippen MR) is 118 cm³/mol. The summed E-state index contributed by atoms with van der Waals surface area (Å²) in [6, 6.07) is 14.5. The van der Waals surface area contributed by atoms with Crippen molar-refractivity contribution >= 4 is 65.9 Å². The fraction of sp³-hybridized carbons (Fsp3) is 0.263. The van der Waals surface area contributed by atoms with Crippen LogP contribution in [0.25, 0.3) is 0 Å². The summed E-state index contributed by atoms with van der Waals surface area (Å²) in [5.74, 6) is -0.133. The number of sulfone groups is 1. The normalized spacial score (nSPS) is 24.5. The molecule has 0 saturated carbocycles. The molecule has 2 unspecified atom stereocenters. The number of thioether (sulfide) groups is 1. The Labute approximate surface area is 181 Å². The molecule has 28 heavy (non-hydrogen) atoms. The Balaban J connectivity index is 1.65. The van der Waals surface area contributed by atoms with E-state index in [1.54, 1.807) is 12.1 Å². The van der Waals surface area contributed by atoms with Crippen LogP contribution in [0.4, 0.5) is 5.69 Å². The second kappa shape index (κ2) is 7.82. The summed E-state index contributed by atoms with van der Waals surface area (Å²) >= 11 is 10.9. The first kappa shape index (κ1) is 19.9. The molecule has 0 N–H and O–H groups in total. The molecule has 2 aromatic rings. The lowest BCUT2D eigenvalue weighted by molar-refractivity contribution is -0.117. The number of anilines is 1. The van der Waals surface area contributed by atoms with Crippen LogP contribution in [0.5, 0.6) is 0 Å². The van der Waals surface area contributed by atoms with Crippen molar-refractivity contribution in [3.8, 4) is 0 Å². The molecule has 0 aromatic heterocycles. The Morgan fingerprint density at radius 1 is 1.18 bits per heavy atom. The van der Waals surface area contributed by atoms with Gasteiger partial charge in [-0.05, 0) is 35.9 Å². The maximum Gasteiger partial charge on any atom is 0.252 e. The fourth-order valence-corrected chi connectivity index (χ4v) is 7.82. The number of hydrogen-bond donors (Lipinski definition) is 0. The highest BCUT2D eigenvalue weighted by Gasteiger charge is 2.49. The van der Waals surface area contributed by atoms with E-state index in [4.69, 9.17) is 11.6 Å². The first-order valence-electron chi connectivity index (χ1n) is 8.59. The molecule has 146 valence electrons. The zero-order chi connectivity index (χ0) is 19.9. The largest absolute Gasteiger partial charge is 0.316 e. The number of amidine groups is 1. The molecular weight excluding hydrogens is 484 g/mol. The van der Waals surface area contributed by atoms with Crippen LogP contribution in [0.2, 0.25) is 5.02 Å². The van der Waals surface area contributed by atoms with E-state index in [0.29, 0.717) is 10.2 Å². The lowest BCUT2D eigenvalue weighted by Gasteiger charge is -2.24. The summed E-state index contributed by atoms with van der Waals surface area (Å²) in [5, 5.41) is 0.952. The number of aliphatic imine (C=N–C) groups is 1. The molecule has 2 aliphatic heterocycles. The number of carbonyl (C=O) groups is 1. The SMILES string of the molecule is O=C(Cc1ccccc1Cl)N=C1SC2CS(=O)(=O)CC2N1c1ccc(Br)cc1. The summed E-state index contributed by atoms with van der Waals surface area (Å²) in [7, 11) is -3.09. The van der Waals surface area contributed by atoms with E-state index in [2.05, 4.69) is 20.9 Å². The van der Waals surface area contributed by atoms with E-state index in [1.165, 1.54) is 11.8 Å². The van der Waals surface area contributed by atoms with E-state index in [0.717, 1.165) is 15.7 Å². The number of rotatable bonds is 3. The lowest BCUT2D eigenvalue weighted by atomic mass is 10.1. The standard InChI is InChI=1S/C19H16BrClN2O3S2/c20-13-5-7-14(8-6-13)23-16-10-28(25,26)11-17(16)27-19(23)22-18(24)9-12-3-1-2-4-15(12)21/h1-8,16-17H,9-11H2. The van der Waals surface area contributed by atoms with Crippen LogP contribution in [-0.4, -0.2) is 42.3 Å². The molecule has 0 radical (unpaired) electrons. The Morgan fingerprint density at radius 3 is 2.61 bits per heavy atom. The molecule has 2 saturated heterocycles. The van der Waals surface area contributed by atoms with Gasteiger partial charge in [0, 0.05) is 20.4 Å². The van der Waals surface area contributed by atoms with Crippen LogP contribution in [0.15, 0.2) is 58.0 Å². The maximum absolute atomic E-state index is 12.6. The van der Waals surface area contributed by atoms with Crippen molar-refractivity contribution in [2.45, 2.75) is 17.7 Å². The van der Waals surface area contributed by atoms with Crippen molar-refractivity contribution in [2.24, 2.45) is 4.99 Å². The molecule has 0 bridgehead atoms. The number of amides is 1. The van der Waals surface area contributed by atoms with Gasteiger partial charge in [0.2, 0.25) is 0 Å². The predicted octanol–water partition coefficient (Wildman–Crippen LogP) is 3.95. The Hall–Kier alpha value is -1.35. The topological polar surface area (TPSA) is 66.8 Å². The molecule has 5 nitrogen and oxygen atoms in total. The van der Waals surface area contributed by atoms with Crippen molar-refractivity contribution in [3.05, 3.63) is 63.6 Å². The van der Waals surface area contributed by atoms with Crippen LogP contribution in [-0.2, 0) is 21.1 Å². The molecule has 9 heteroatoms. The molecule has 2 atom stereocenters. The van der Waals surface area contributed by atoms with Crippen molar-refractivity contribution in [3.63, 3.8) is 0 Å². The lowest BCUT2D eigenvalue weighted by Crippen LogP contribution is -2.37. The maximum atomic E-state index is 12.6. The third kappa shape index (κ3) is 4.15. The van der Waals surface area contributed by atoms with Crippen molar-refractivity contribution in [1.29, 1.82) is 0 Å². The minimum Gasteiger partial charge on any atom is -0.316 e. The van der Waals surface area contributed by atoms with Crippen molar-refractivity contribution in [1.82, 2.24) is 0 Å². The zero-order valence-electron chi connectivity index (χ0n) is 14.6. The van der Waals surface area contributed by atoms with E-state index >= 15 is 0 Å². The van der Waals surface area contributed by atoms with Gasteiger partial charge in [0.05, 0.1) is 24.0 Å². The van der Waals surface area contributed by atoms with Crippen LogP contribution < -0.4 is 4.90 Å². The van der Waals surface area contributed by atoms with Gasteiger partial charge in [-0.15, -0.1) is 0 Å². The third-order valence-electron chi connectivity index (χ3n) is 4.69. The molecular formula is C19H16BrClN2O3S2. The highest BCUT2D eigenvalue weighted by atomic mass is 79.9. The summed E-state index contributed by atoms with van der Waals surface area (Å²) in [6.45, 7) is 0. The number of fused-ring (bicyclic) bond motifs is 1. The van der Waals surface area contributed by atoms with Crippen molar-refractivity contribution in [2.75, 3.05) is 16.4 Å². The molecule has 2 aromatic carbocycles. The summed E-state index contributed by atoms with van der Waals surface area (Å²) in [5.41, 5.74) is 1.55. The van der Waals surface area contributed by atoms with E-state index < -0.39 is 9.84 Å². The second-order valence-electron chi connectivity index (χ2n) is 6.70. The number of hydrogen-bond acceptors (Lipinski definition) is 4. The number of nitrogens with zero attached hydrogens (tertiary/aromatic N) is 2. The summed E-state index contributed by atoms with van der Waals surface area (Å²) in [6.07, 6.45) is 0.103. The van der Waals surface area contributed by atoms with Gasteiger partial charge in [-0.1, -0.05) is 57.5 Å². The smallest absolute Gasteiger partial charge is 0.252 e. The first-order valence-corrected chi connectivity index (χ1v) is 12.5. The van der Waals surface area contributed by atoms with Gasteiger partial charge < -0.3 is 4.90 Å². The van der Waals surface area contributed by atoms with Gasteiger partial charge >= 0.3 is 0 Å². The summed E-state index contributed by atoms with van der Waals surface area (Å²) < 4.78 is 25.2. The minimum atomic E-state index is -3.09. The monoisotopic (exact) mass is 498 g/mol. The fourth-order valence-electron chi connectivity index (χ4n) is 3.42. The Morgan fingerprint density at radius 2 is 1.89 bits per heavy atom. The van der Waals surface area contributed by atoms with Crippen molar-refractivity contribution < 1.29 is 13.2 Å². The minimum absolute atomic E-state index is 0.0679. The number of halogens is 2. The van der Waals surface area contributed by atoms with E-state index in [-0.39, 0.29) is 35.1 Å². The Kier molecular flexibility index (Phi) is 5.57. The molecule has 0 aliphatic carbocycles. The zero-order valence-corrected chi connectivity index (χ0v) is 18.6. The van der Waals surface area contributed by atoms with Gasteiger partial charge in [-0.3, -0.25) is 4.79 Å². The average molecular weight is 500 g/mol. The Bertz CT molecular complexity index is 1060. The molecule has 4 rings (SSSR count). The molecule has 1 amide bonds. The van der Waals surface area contributed by atoms with Crippen LogP contribution >= 0.6 is 39.3 Å². The highest BCUT2D eigenvalue weighted by Crippen LogP contribution is 2.41. The van der Waals surface area contributed by atoms with Gasteiger partial charge in [-0.25, -0.2) is 8.42 Å². The van der Waals surface area contributed by atoms with Gasteiger partial charge in [0.1, 0.15) is 0 Å². The van der Waals surface area contributed by atoms with Crippen LogP contribution in [0.1, 0.15) is 5.56 Å². The molecule has 2 fully saturated rings.